The fourth-order valence-electron chi connectivity index (χ4n) is 2.97. The van der Waals surface area contributed by atoms with Crippen molar-refractivity contribution in [2.24, 2.45) is 5.73 Å². The predicted octanol–water partition coefficient (Wildman–Crippen LogP) is 3.00. The van der Waals surface area contributed by atoms with Gasteiger partial charge in [0.2, 0.25) is 5.91 Å². The van der Waals surface area contributed by atoms with Gasteiger partial charge in [0.1, 0.15) is 25.0 Å². The minimum absolute atomic E-state index is 0.140. The lowest BCUT2D eigenvalue weighted by Crippen LogP contribution is -2.45. The number of esters is 1. The summed E-state index contributed by atoms with van der Waals surface area (Å²) in [6.45, 7) is 0.414. The van der Waals surface area contributed by atoms with Crippen LogP contribution < -0.4 is 15.8 Å². The molecule has 0 bridgehead atoms. The average Bonchev–Trinajstić information content (AvgIpc) is 2.83. The smallest absolute Gasteiger partial charge is 0.329 e. The van der Waals surface area contributed by atoms with Crippen LogP contribution in [0.15, 0.2) is 84.9 Å². The molecule has 0 aromatic heterocycles. The highest BCUT2D eigenvalue weighted by molar-refractivity contribution is 5.85. The zero-order valence-corrected chi connectivity index (χ0v) is 17.2. The van der Waals surface area contributed by atoms with Crippen LogP contribution in [0.5, 0.6) is 5.75 Å². The van der Waals surface area contributed by atoms with Crippen molar-refractivity contribution in [3.05, 3.63) is 102 Å². The number of rotatable bonds is 10. The summed E-state index contributed by atoms with van der Waals surface area (Å²) < 4.78 is 11.2. The van der Waals surface area contributed by atoms with Crippen LogP contribution in [0.3, 0.4) is 0 Å². The van der Waals surface area contributed by atoms with E-state index in [4.69, 9.17) is 15.2 Å². The zero-order valence-electron chi connectivity index (χ0n) is 17.2. The Bertz CT molecular complexity index is 960. The summed E-state index contributed by atoms with van der Waals surface area (Å²) in [4.78, 5) is 24.4. The van der Waals surface area contributed by atoms with Crippen LogP contribution in [0.1, 0.15) is 16.7 Å². The molecule has 0 spiro atoms. The maximum Gasteiger partial charge on any atom is 0.329 e. The minimum atomic E-state index is -0.823. The third kappa shape index (κ3) is 7.28. The lowest BCUT2D eigenvalue weighted by Gasteiger charge is -2.18. The molecule has 0 unspecified atom stereocenters. The van der Waals surface area contributed by atoms with Gasteiger partial charge in [0, 0.05) is 6.42 Å². The van der Waals surface area contributed by atoms with Crippen molar-refractivity contribution in [2.45, 2.75) is 25.7 Å². The fourth-order valence-corrected chi connectivity index (χ4v) is 2.97. The molecule has 6 heteroatoms. The van der Waals surface area contributed by atoms with E-state index in [1.807, 2.05) is 84.9 Å². The minimum Gasteiger partial charge on any atom is -0.489 e. The highest BCUT2D eigenvalue weighted by Crippen LogP contribution is 2.16. The van der Waals surface area contributed by atoms with Gasteiger partial charge in [-0.05, 0) is 28.8 Å². The van der Waals surface area contributed by atoms with Crippen LogP contribution in [0.4, 0.5) is 0 Å². The molecule has 1 atom stereocenters. The molecule has 0 aliphatic carbocycles. The number of nitrogens with one attached hydrogen (secondary N) is 1. The Hall–Kier alpha value is -3.64. The van der Waals surface area contributed by atoms with E-state index in [1.165, 1.54) is 0 Å². The van der Waals surface area contributed by atoms with Crippen LogP contribution in [0, 0.1) is 0 Å². The molecule has 0 heterocycles. The lowest BCUT2D eigenvalue weighted by atomic mass is 10.1. The van der Waals surface area contributed by atoms with E-state index in [-0.39, 0.29) is 13.2 Å². The van der Waals surface area contributed by atoms with Crippen LogP contribution in [0.2, 0.25) is 0 Å². The molecule has 3 aromatic carbocycles. The summed E-state index contributed by atoms with van der Waals surface area (Å²) >= 11 is 0. The molecule has 0 aliphatic rings. The maximum atomic E-state index is 12.6. The Morgan fingerprint density at radius 2 is 1.35 bits per heavy atom. The number of carbonyl (C=O) groups excluding carboxylic acids is 2. The van der Waals surface area contributed by atoms with Crippen molar-refractivity contribution in [3.63, 3.8) is 0 Å². The van der Waals surface area contributed by atoms with E-state index >= 15 is 0 Å². The molecule has 0 aliphatic heterocycles. The monoisotopic (exact) mass is 418 g/mol. The van der Waals surface area contributed by atoms with Gasteiger partial charge >= 0.3 is 5.97 Å². The first kappa shape index (κ1) is 22.1. The first-order valence-electron chi connectivity index (χ1n) is 10.1. The molecule has 1 amide bonds. The van der Waals surface area contributed by atoms with Crippen molar-refractivity contribution in [1.82, 2.24) is 5.32 Å². The molecule has 31 heavy (non-hydrogen) atoms. The van der Waals surface area contributed by atoms with E-state index in [0.29, 0.717) is 13.0 Å². The summed E-state index contributed by atoms with van der Waals surface area (Å²) in [5.74, 6) is -0.193. The summed E-state index contributed by atoms with van der Waals surface area (Å²) in [7, 11) is 0. The van der Waals surface area contributed by atoms with E-state index in [9.17, 15) is 9.59 Å². The molecule has 0 saturated carbocycles. The first-order chi connectivity index (χ1) is 15.1. The molecule has 6 nitrogen and oxygen atoms in total. The number of carbonyl (C=O) groups is 2. The number of benzene rings is 3. The van der Waals surface area contributed by atoms with Crippen molar-refractivity contribution in [3.8, 4) is 5.75 Å². The molecule has 3 aromatic rings. The number of nitrogens with two attached hydrogens (primary N) is 1. The SMILES string of the molecule is NCC(=O)N[C@@H](Cc1ccc(OCc2ccccc2)cc1)C(=O)OCc1ccccc1. The summed E-state index contributed by atoms with van der Waals surface area (Å²) in [5.41, 5.74) is 8.22. The topological polar surface area (TPSA) is 90.7 Å². The number of hydrogen-bond acceptors (Lipinski definition) is 5. The molecule has 160 valence electrons. The molecular formula is C25H26N2O4. The van der Waals surface area contributed by atoms with Gasteiger partial charge in [-0.3, -0.25) is 4.79 Å². The Morgan fingerprint density at radius 1 is 0.774 bits per heavy atom. The Morgan fingerprint density at radius 3 is 1.94 bits per heavy atom. The normalized spacial score (nSPS) is 11.4. The van der Waals surface area contributed by atoms with E-state index in [2.05, 4.69) is 5.32 Å². The van der Waals surface area contributed by atoms with Crippen molar-refractivity contribution in [1.29, 1.82) is 0 Å². The molecule has 0 radical (unpaired) electrons. The van der Waals surface area contributed by atoms with Crippen molar-refractivity contribution >= 4 is 11.9 Å². The highest BCUT2D eigenvalue weighted by atomic mass is 16.5. The highest BCUT2D eigenvalue weighted by Gasteiger charge is 2.22. The predicted molar refractivity (Wildman–Crippen MR) is 118 cm³/mol. The molecule has 3 N–H and O–H groups in total. The third-order valence-corrected chi connectivity index (χ3v) is 4.64. The van der Waals surface area contributed by atoms with Gasteiger partial charge in [0.15, 0.2) is 0 Å². The van der Waals surface area contributed by atoms with Gasteiger partial charge in [-0.2, -0.15) is 0 Å². The lowest BCUT2D eigenvalue weighted by molar-refractivity contribution is -0.149. The van der Waals surface area contributed by atoms with Gasteiger partial charge in [-0.25, -0.2) is 4.79 Å². The van der Waals surface area contributed by atoms with Gasteiger partial charge in [0.05, 0.1) is 6.54 Å². The second-order valence-electron chi connectivity index (χ2n) is 7.04. The van der Waals surface area contributed by atoms with E-state index in [1.54, 1.807) is 0 Å². The largest absolute Gasteiger partial charge is 0.489 e. The number of amides is 1. The molecular weight excluding hydrogens is 392 g/mol. The zero-order chi connectivity index (χ0) is 21.9. The van der Waals surface area contributed by atoms with Gasteiger partial charge in [-0.15, -0.1) is 0 Å². The summed E-state index contributed by atoms with van der Waals surface area (Å²) in [5, 5.41) is 2.64. The van der Waals surface area contributed by atoms with Crippen LogP contribution in [-0.4, -0.2) is 24.5 Å². The second kappa shape index (κ2) is 11.5. The second-order valence-corrected chi connectivity index (χ2v) is 7.04. The molecule has 0 fully saturated rings. The quantitative estimate of drug-likeness (QED) is 0.494. The van der Waals surface area contributed by atoms with Crippen molar-refractivity contribution < 1.29 is 19.1 Å². The van der Waals surface area contributed by atoms with Crippen LogP contribution >= 0.6 is 0 Å². The van der Waals surface area contributed by atoms with Crippen LogP contribution in [0.25, 0.3) is 0 Å². The summed E-state index contributed by atoms with van der Waals surface area (Å²) in [6.07, 6.45) is 0.290. The molecule has 3 rings (SSSR count). The Kier molecular flexibility index (Phi) is 8.20. The van der Waals surface area contributed by atoms with Gasteiger partial charge in [0.25, 0.3) is 0 Å². The number of hydrogen-bond donors (Lipinski definition) is 2. The van der Waals surface area contributed by atoms with E-state index in [0.717, 1.165) is 22.4 Å². The fraction of sp³-hybridized carbons (Fsp3) is 0.200. The van der Waals surface area contributed by atoms with Gasteiger partial charge in [-0.1, -0.05) is 72.8 Å². The first-order valence-corrected chi connectivity index (χ1v) is 10.1. The number of ether oxygens (including phenoxy) is 2. The van der Waals surface area contributed by atoms with E-state index < -0.39 is 17.9 Å². The third-order valence-electron chi connectivity index (χ3n) is 4.64. The maximum absolute atomic E-state index is 12.6. The molecule has 0 saturated heterocycles. The average molecular weight is 418 g/mol. The Labute approximate surface area is 182 Å². The van der Waals surface area contributed by atoms with Crippen molar-refractivity contribution in [2.75, 3.05) is 6.54 Å². The van der Waals surface area contributed by atoms with Gasteiger partial charge < -0.3 is 20.5 Å². The Balaban J connectivity index is 1.59. The summed E-state index contributed by atoms with van der Waals surface area (Å²) in [6, 6.07) is 25.9. The van der Waals surface area contributed by atoms with Crippen LogP contribution in [-0.2, 0) is 34.0 Å². The standard InChI is InChI=1S/C25H26N2O4/c26-16-24(28)27-23(25(29)31-18-21-9-5-2-6-10-21)15-19-11-13-22(14-12-19)30-17-20-7-3-1-4-8-20/h1-14,23H,15-18,26H2,(H,27,28)/t23-/m0/s1.